The van der Waals surface area contributed by atoms with Crippen molar-refractivity contribution in [3.63, 3.8) is 0 Å². The first-order valence-corrected chi connectivity index (χ1v) is 8.71. The number of rotatable bonds is 4. The predicted molar refractivity (Wildman–Crippen MR) is 103 cm³/mol. The Morgan fingerprint density at radius 1 is 1.20 bits per heavy atom. The molecule has 5 nitrogen and oxygen atoms in total. The molecule has 1 N–H and O–H groups in total. The Labute approximate surface area is 158 Å². The average Bonchev–Trinajstić information content (AvgIpc) is 2.92. The number of aromatic nitrogens is 2. The van der Waals surface area contributed by atoms with Gasteiger partial charge in [0.15, 0.2) is 0 Å². The van der Waals surface area contributed by atoms with Crippen LogP contribution in [0.25, 0.3) is 5.69 Å². The Bertz CT molecular complexity index is 994. The number of halogens is 2. The molecule has 0 saturated heterocycles. The Kier molecular flexibility index (Phi) is 5.11. The van der Waals surface area contributed by atoms with E-state index in [0.717, 1.165) is 10.0 Å². The third kappa shape index (κ3) is 3.86. The molecule has 0 aliphatic rings. The molecule has 0 aliphatic carbocycles. The molecule has 0 radical (unpaired) electrons. The van der Waals surface area contributed by atoms with E-state index >= 15 is 0 Å². The van der Waals surface area contributed by atoms with E-state index in [1.807, 2.05) is 19.1 Å². The molecule has 0 unspecified atom stereocenters. The van der Waals surface area contributed by atoms with E-state index in [0.29, 0.717) is 16.4 Å². The molecule has 25 heavy (non-hydrogen) atoms. The van der Waals surface area contributed by atoms with Crippen molar-refractivity contribution in [2.45, 2.75) is 13.5 Å². The third-order valence-corrected chi connectivity index (χ3v) is 4.92. The van der Waals surface area contributed by atoms with Crippen molar-refractivity contribution in [3.8, 4) is 5.69 Å². The minimum absolute atomic E-state index is 0.0780. The van der Waals surface area contributed by atoms with Crippen LogP contribution < -0.4 is 11.0 Å². The van der Waals surface area contributed by atoms with Gasteiger partial charge in [-0.2, -0.15) is 0 Å². The van der Waals surface area contributed by atoms with Crippen molar-refractivity contribution >= 4 is 39.1 Å². The van der Waals surface area contributed by atoms with Gasteiger partial charge in [0.05, 0.1) is 10.7 Å². The van der Waals surface area contributed by atoms with E-state index in [1.54, 1.807) is 42.7 Å². The number of nitrogens with one attached hydrogen (secondary N) is 1. The molecule has 3 aromatic rings. The number of imidazole rings is 1. The summed E-state index contributed by atoms with van der Waals surface area (Å²) in [6, 6.07) is 12.6. The number of carbonyl (C=O) groups is 1. The van der Waals surface area contributed by atoms with Crippen LogP contribution in [0.15, 0.2) is 64.1 Å². The van der Waals surface area contributed by atoms with Crippen LogP contribution in [0.4, 0.5) is 5.69 Å². The summed E-state index contributed by atoms with van der Waals surface area (Å²) in [6.45, 7) is 1.86. The molecule has 0 aliphatic heterocycles. The van der Waals surface area contributed by atoms with Gasteiger partial charge in [0, 0.05) is 22.6 Å². The number of amides is 1. The van der Waals surface area contributed by atoms with Gasteiger partial charge in [-0.15, -0.1) is 0 Å². The fourth-order valence-electron chi connectivity index (χ4n) is 2.44. The van der Waals surface area contributed by atoms with Crippen LogP contribution in [0.2, 0.25) is 5.02 Å². The lowest BCUT2D eigenvalue weighted by Gasteiger charge is -2.07. The molecule has 0 spiro atoms. The van der Waals surface area contributed by atoms with Crippen molar-refractivity contribution in [2.24, 2.45) is 0 Å². The van der Waals surface area contributed by atoms with Gasteiger partial charge >= 0.3 is 5.69 Å². The summed E-state index contributed by atoms with van der Waals surface area (Å²) in [6.07, 6.45) is 3.17. The molecule has 1 aromatic heterocycles. The lowest BCUT2D eigenvalue weighted by molar-refractivity contribution is -0.116. The molecule has 128 valence electrons. The van der Waals surface area contributed by atoms with Crippen LogP contribution >= 0.6 is 27.5 Å². The molecule has 0 saturated carbocycles. The number of nitrogens with zero attached hydrogens (tertiary/aromatic N) is 2. The number of anilines is 1. The topological polar surface area (TPSA) is 56.0 Å². The van der Waals surface area contributed by atoms with Gasteiger partial charge in [-0.3, -0.25) is 13.9 Å². The van der Waals surface area contributed by atoms with E-state index in [1.165, 1.54) is 9.13 Å². The zero-order valence-electron chi connectivity index (χ0n) is 13.4. The molecule has 2 aromatic carbocycles. The number of para-hydroxylation sites is 1. The first-order valence-electron chi connectivity index (χ1n) is 7.54. The Balaban J connectivity index is 1.77. The minimum atomic E-state index is -0.324. The Morgan fingerprint density at radius 2 is 1.96 bits per heavy atom. The molecule has 7 heteroatoms. The number of hydrogen-bond acceptors (Lipinski definition) is 2. The Morgan fingerprint density at radius 3 is 2.68 bits per heavy atom. The van der Waals surface area contributed by atoms with Gasteiger partial charge in [0.1, 0.15) is 6.54 Å². The maximum absolute atomic E-state index is 12.5. The largest absolute Gasteiger partial charge is 0.333 e. The highest BCUT2D eigenvalue weighted by Crippen LogP contribution is 2.20. The molecule has 1 heterocycles. The van der Waals surface area contributed by atoms with E-state index in [4.69, 9.17) is 11.6 Å². The van der Waals surface area contributed by atoms with Crippen LogP contribution in [0.5, 0.6) is 0 Å². The fraction of sp³-hybridized carbons (Fsp3) is 0.111. The fourth-order valence-corrected chi connectivity index (χ4v) is 2.91. The molecule has 3 rings (SSSR count). The summed E-state index contributed by atoms with van der Waals surface area (Å²) >= 11 is 9.55. The molecular formula is C18H15BrClN3O2. The second-order valence-corrected chi connectivity index (χ2v) is 6.80. The standard InChI is InChI=1S/C18H15BrClN3O2/c1-12-10-13(6-7-14(12)19)21-17(24)11-22-8-9-23(18(22)25)16-5-3-2-4-15(16)20/h2-10H,11H2,1H3,(H,21,24). The van der Waals surface area contributed by atoms with Crippen molar-refractivity contribution in [2.75, 3.05) is 5.32 Å². The molecular weight excluding hydrogens is 406 g/mol. The van der Waals surface area contributed by atoms with Crippen LogP contribution in [0.1, 0.15) is 5.56 Å². The highest BCUT2D eigenvalue weighted by atomic mass is 79.9. The maximum Gasteiger partial charge on any atom is 0.333 e. The van der Waals surface area contributed by atoms with Crippen LogP contribution in [-0.2, 0) is 11.3 Å². The quantitative estimate of drug-likeness (QED) is 0.693. The summed E-state index contributed by atoms with van der Waals surface area (Å²) in [5.74, 6) is -0.277. The van der Waals surface area contributed by atoms with E-state index in [9.17, 15) is 9.59 Å². The van der Waals surface area contributed by atoms with Gasteiger partial charge in [0.25, 0.3) is 0 Å². The molecule has 0 atom stereocenters. The first-order chi connectivity index (χ1) is 12.0. The monoisotopic (exact) mass is 419 g/mol. The maximum atomic E-state index is 12.5. The van der Waals surface area contributed by atoms with Crippen LogP contribution in [0.3, 0.4) is 0 Å². The van der Waals surface area contributed by atoms with E-state index in [2.05, 4.69) is 21.2 Å². The van der Waals surface area contributed by atoms with Crippen molar-refractivity contribution in [1.29, 1.82) is 0 Å². The lowest BCUT2D eigenvalue weighted by Crippen LogP contribution is -2.28. The first kappa shape index (κ1) is 17.5. The average molecular weight is 421 g/mol. The van der Waals surface area contributed by atoms with Crippen molar-refractivity contribution in [3.05, 3.63) is 80.4 Å². The highest BCUT2D eigenvalue weighted by molar-refractivity contribution is 9.10. The Hall–Kier alpha value is -2.31. The van der Waals surface area contributed by atoms with Gasteiger partial charge in [-0.1, -0.05) is 39.7 Å². The summed E-state index contributed by atoms with van der Waals surface area (Å²) < 4.78 is 3.72. The molecule has 0 fully saturated rings. The zero-order valence-corrected chi connectivity index (χ0v) is 15.7. The number of hydrogen-bond donors (Lipinski definition) is 1. The zero-order chi connectivity index (χ0) is 18.0. The van der Waals surface area contributed by atoms with Crippen LogP contribution in [-0.4, -0.2) is 15.0 Å². The molecule has 0 bridgehead atoms. The summed E-state index contributed by atoms with van der Waals surface area (Å²) in [7, 11) is 0. The SMILES string of the molecule is Cc1cc(NC(=O)Cn2ccn(-c3ccccc3Cl)c2=O)ccc1Br. The predicted octanol–water partition coefficient (Wildman–Crippen LogP) is 4.00. The second kappa shape index (κ2) is 7.29. The summed E-state index contributed by atoms with van der Waals surface area (Å²) in [5, 5.41) is 3.26. The summed E-state index contributed by atoms with van der Waals surface area (Å²) in [5.41, 5.74) is 1.95. The van der Waals surface area contributed by atoms with Crippen LogP contribution in [0, 0.1) is 6.92 Å². The van der Waals surface area contributed by atoms with Crippen molar-refractivity contribution in [1.82, 2.24) is 9.13 Å². The van der Waals surface area contributed by atoms with E-state index < -0.39 is 0 Å². The van der Waals surface area contributed by atoms with E-state index in [-0.39, 0.29) is 18.1 Å². The summed E-state index contributed by atoms with van der Waals surface area (Å²) in [4.78, 5) is 24.7. The smallest absolute Gasteiger partial charge is 0.325 e. The second-order valence-electron chi connectivity index (χ2n) is 5.54. The van der Waals surface area contributed by atoms with Gasteiger partial charge in [-0.25, -0.2) is 4.79 Å². The lowest BCUT2D eigenvalue weighted by atomic mass is 10.2. The third-order valence-electron chi connectivity index (χ3n) is 3.72. The number of benzene rings is 2. The van der Waals surface area contributed by atoms with Gasteiger partial charge in [0.2, 0.25) is 5.91 Å². The molecule has 1 amide bonds. The van der Waals surface area contributed by atoms with Crippen molar-refractivity contribution < 1.29 is 4.79 Å². The van der Waals surface area contributed by atoms with Gasteiger partial charge in [-0.05, 0) is 42.8 Å². The minimum Gasteiger partial charge on any atom is -0.325 e. The number of aryl methyl sites for hydroxylation is 1. The van der Waals surface area contributed by atoms with Gasteiger partial charge < -0.3 is 5.32 Å². The highest BCUT2D eigenvalue weighted by Gasteiger charge is 2.11. The number of carbonyl (C=O) groups excluding carboxylic acids is 1. The normalized spacial score (nSPS) is 10.7.